The van der Waals surface area contributed by atoms with Gasteiger partial charge in [-0.1, -0.05) is 13.8 Å². The van der Waals surface area contributed by atoms with E-state index in [0.717, 1.165) is 11.4 Å². The Morgan fingerprint density at radius 2 is 1.92 bits per heavy atom. The lowest BCUT2D eigenvalue weighted by atomic mass is 10.0. The molecule has 0 aromatic heterocycles. The third kappa shape index (κ3) is 2.24. The summed E-state index contributed by atoms with van der Waals surface area (Å²) in [7, 11) is 0. The number of rotatable bonds is 1. The van der Waals surface area contributed by atoms with Gasteiger partial charge in [-0.15, -0.1) is 11.8 Å². The van der Waals surface area contributed by atoms with E-state index < -0.39 is 0 Å². The van der Waals surface area contributed by atoms with Crippen LogP contribution in [0.15, 0.2) is 27.1 Å². The van der Waals surface area contributed by atoms with E-state index in [9.17, 15) is 0 Å². The predicted octanol–water partition coefficient (Wildman–Crippen LogP) is 3.60. The molecule has 12 heavy (non-hydrogen) atoms. The van der Waals surface area contributed by atoms with Gasteiger partial charge < -0.3 is 0 Å². The van der Waals surface area contributed by atoms with E-state index in [0.29, 0.717) is 5.92 Å². The van der Waals surface area contributed by atoms with Crippen molar-refractivity contribution in [2.45, 2.75) is 27.7 Å². The zero-order valence-corrected chi connectivity index (χ0v) is 8.90. The van der Waals surface area contributed by atoms with Crippen molar-refractivity contribution < 1.29 is 0 Å². The summed E-state index contributed by atoms with van der Waals surface area (Å²) in [6, 6.07) is 0. The molecule has 0 spiro atoms. The maximum Gasteiger partial charge on any atom is 0.0442 e. The molecule has 0 N–H and O–H groups in total. The van der Waals surface area contributed by atoms with E-state index in [1.165, 1.54) is 5.57 Å². The van der Waals surface area contributed by atoms with Crippen molar-refractivity contribution in [2.75, 3.05) is 0 Å². The van der Waals surface area contributed by atoms with E-state index >= 15 is 0 Å². The Bertz CT molecular complexity index is 259. The van der Waals surface area contributed by atoms with Crippen LogP contribution in [0.1, 0.15) is 27.7 Å². The number of hydrogen-bond donors (Lipinski definition) is 0. The topological polar surface area (TPSA) is 12.4 Å². The van der Waals surface area contributed by atoms with Gasteiger partial charge in [0.2, 0.25) is 0 Å². The van der Waals surface area contributed by atoms with Crippen molar-refractivity contribution in [1.29, 1.82) is 0 Å². The van der Waals surface area contributed by atoms with Gasteiger partial charge in [-0.2, -0.15) is 0 Å². The largest absolute Gasteiger partial charge is 0.258 e. The molecule has 0 aliphatic carbocycles. The van der Waals surface area contributed by atoms with Crippen molar-refractivity contribution in [3.63, 3.8) is 0 Å². The average Bonchev–Trinajstić information content (AvgIpc) is 2.10. The number of thioether (sulfide) groups is 1. The lowest BCUT2D eigenvalue weighted by Gasteiger charge is -2.08. The second-order valence-electron chi connectivity index (χ2n) is 3.32. The first-order valence-corrected chi connectivity index (χ1v) is 5.13. The molecule has 0 saturated heterocycles. The summed E-state index contributed by atoms with van der Waals surface area (Å²) in [6.07, 6.45) is 0. The Labute approximate surface area is 78.7 Å². The van der Waals surface area contributed by atoms with E-state index in [1.54, 1.807) is 11.8 Å². The molecule has 0 radical (unpaired) electrons. The molecule has 0 aromatic rings. The Morgan fingerprint density at radius 3 is 2.50 bits per heavy atom. The molecule has 0 amide bonds. The van der Waals surface area contributed by atoms with Crippen LogP contribution in [-0.2, 0) is 0 Å². The quantitative estimate of drug-likeness (QED) is 0.602. The molecule has 1 aliphatic rings. The third-order valence-electron chi connectivity index (χ3n) is 1.82. The molecule has 66 valence electrons. The minimum atomic E-state index is 0.570. The van der Waals surface area contributed by atoms with Crippen LogP contribution in [-0.4, -0.2) is 5.71 Å². The van der Waals surface area contributed by atoms with Crippen molar-refractivity contribution >= 4 is 17.5 Å². The molecule has 0 unspecified atom stereocenters. The fourth-order valence-electron chi connectivity index (χ4n) is 1.20. The monoisotopic (exact) mass is 181 g/mol. The van der Waals surface area contributed by atoms with Crippen LogP contribution in [0.5, 0.6) is 0 Å². The summed E-state index contributed by atoms with van der Waals surface area (Å²) in [5.41, 5.74) is 3.61. The first-order chi connectivity index (χ1) is 5.61. The van der Waals surface area contributed by atoms with Crippen LogP contribution in [0.4, 0.5) is 0 Å². The average molecular weight is 181 g/mol. The van der Waals surface area contributed by atoms with Crippen molar-refractivity contribution in [2.24, 2.45) is 10.9 Å². The second-order valence-corrected chi connectivity index (χ2v) is 4.06. The van der Waals surface area contributed by atoms with Crippen LogP contribution >= 0.6 is 11.8 Å². The molecular formula is C10H15NS. The van der Waals surface area contributed by atoms with Gasteiger partial charge in [0.1, 0.15) is 0 Å². The molecule has 0 saturated carbocycles. The molecular weight excluding hydrogens is 166 g/mol. The van der Waals surface area contributed by atoms with Gasteiger partial charge in [0.15, 0.2) is 0 Å². The summed E-state index contributed by atoms with van der Waals surface area (Å²) in [6.45, 7) is 8.51. The number of hydrogen-bond acceptors (Lipinski definition) is 2. The molecule has 0 bridgehead atoms. The molecule has 0 aromatic carbocycles. The highest BCUT2D eigenvalue weighted by atomic mass is 32.2. The van der Waals surface area contributed by atoms with Crippen LogP contribution in [0, 0.1) is 5.92 Å². The van der Waals surface area contributed by atoms with Gasteiger partial charge in [-0.25, -0.2) is 0 Å². The fourth-order valence-corrected chi connectivity index (χ4v) is 2.11. The summed E-state index contributed by atoms with van der Waals surface area (Å²) >= 11 is 1.73. The van der Waals surface area contributed by atoms with Gasteiger partial charge in [0, 0.05) is 11.4 Å². The first kappa shape index (κ1) is 9.59. The van der Waals surface area contributed by atoms with Crippen LogP contribution in [0.3, 0.4) is 0 Å². The number of aliphatic imine (C=N–C) groups is 1. The number of nitrogens with zero attached hydrogens (tertiary/aromatic N) is 1. The van der Waals surface area contributed by atoms with E-state index in [2.05, 4.69) is 36.6 Å². The lowest BCUT2D eigenvalue weighted by molar-refractivity contribution is 0.803. The van der Waals surface area contributed by atoms with E-state index in [-0.39, 0.29) is 0 Å². The van der Waals surface area contributed by atoms with Gasteiger partial charge in [-0.3, -0.25) is 4.99 Å². The normalized spacial score (nSPS) is 18.2. The molecule has 0 atom stereocenters. The maximum absolute atomic E-state index is 4.47. The van der Waals surface area contributed by atoms with Crippen molar-refractivity contribution in [1.82, 2.24) is 0 Å². The Kier molecular flexibility index (Phi) is 3.15. The Hall–Kier alpha value is -0.500. The molecule has 1 aliphatic heterocycles. The predicted molar refractivity (Wildman–Crippen MR) is 57.4 cm³/mol. The summed E-state index contributed by atoms with van der Waals surface area (Å²) in [5, 5.41) is 4.28. The minimum absolute atomic E-state index is 0.570. The molecule has 1 rings (SSSR count). The Morgan fingerprint density at radius 1 is 1.25 bits per heavy atom. The van der Waals surface area contributed by atoms with Crippen LogP contribution < -0.4 is 0 Å². The lowest BCUT2D eigenvalue weighted by Crippen LogP contribution is -2.03. The van der Waals surface area contributed by atoms with Gasteiger partial charge in [0.05, 0.1) is 0 Å². The van der Waals surface area contributed by atoms with E-state index in [1.807, 2.05) is 6.92 Å². The van der Waals surface area contributed by atoms with E-state index in [4.69, 9.17) is 0 Å². The SMILES string of the molecule is CC1=CSC=C(C(C)C)C(C)=N1. The molecule has 1 heterocycles. The van der Waals surface area contributed by atoms with Gasteiger partial charge in [-0.05, 0) is 36.2 Å². The maximum atomic E-state index is 4.47. The number of allylic oxidation sites excluding steroid dienone is 2. The Balaban J connectivity index is 2.93. The van der Waals surface area contributed by atoms with Gasteiger partial charge >= 0.3 is 0 Å². The zero-order valence-electron chi connectivity index (χ0n) is 8.09. The molecule has 0 fully saturated rings. The highest BCUT2D eigenvalue weighted by Gasteiger charge is 2.08. The minimum Gasteiger partial charge on any atom is -0.258 e. The molecule has 1 nitrogen and oxygen atoms in total. The highest BCUT2D eigenvalue weighted by Crippen LogP contribution is 2.23. The molecule has 2 heteroatoms. The first-order valence-electron chi connectivity index (χ1n) is 4.19. The smallest absolute Gasteiger partial charge is 0.0442 e. The van der Waals surface area contributed by atoms with Gasteiger partial charge in [0.25, 0.3) is 0 Å². The van der Waals surface area contributed by atoms with Crippen LogP contribution in [0.25, 0.3) is 0 Å². The summed E-state index contributed by atoms with van der Waals surface area (Å²) in [4.78, 5) is 4.47. The fraction of sp³-hybridized carbons (Fsp3) is 0.500. The zero-order chi connectivity index (χ0) is 9.14. The summed E-state index contributed by atoms with van der Waals surface area (Å²) in [5.74, 6) is 0.570. The third-order valence-corrected chi connectivity index (χ3v) is 2.68. The van der Waals surface area contributed by atoms with Crippen molar-refractivity contribution in [3.05, 3.63) is 22.1 Å². The van der Waals surface area contributed by atoms with Crippen molar-refractivity contribution in [3.8, 4) is 0 Å². The highest BCUT2D eigenvalue weighted by molar-refractivity contribution is 8.05. The second kappa shape index (κ2) is 3.94. The standard InChI is InChI=1S/C10H15NS/c1-7(2)10-6-12-5-8(3)11-9(10)4/h5-7H,1-4H3. The summed E-state index contributed by atoms with van der Waals surface area (Å²) < 4.78 is 0. The van der Waals surface area contributed by atoms with Crippen LogP contribution in [0.2, 0.25) is 0 Å².